The van der Waals surface area contributed by atoms with Crippen LogP contribution in [-0.2, 0) is 17.4 Å². The largest absolute Gasteiger partial charge is 0.416 e. The summed E-state index contributed by atoms with van der Waals surface area (Å²) in [6.07, 6.45) is -2.36. The van der Waals surface area contributed by atoms with E-state index in [-0.39, 0.29) is 11.9 Å². The smallest absolute Gasteiger partial charge is 0.381 e. The summed E-state index contributed by atoms with van der Waals surface area (Å²) in [4.78, 5) is 18.8. The maximum Gasteiger partial charge on any atom is 0.416 e. The molecule has 1 N–H and O–H groups in total. The summed E-state index contributed by atoms with van der Waals surface area (Å²) >= 11 is 0. The fraction of sp³-hybridized carbons (Fsp3) is 0.429. The molecule has 0 bridgehead atoms. The van der Waals surface area contributed by atoms with Gasteiger partial charge in [-0.05, 0) is 56.5 Å². The number of hydrogen-bond donors (Lipinski definition) is 1. The molecule has 1 amide bonds. The monoisotopic (exact) mass is 392 g/mol. The highest BCUT2D eigenvalue weighted by atomic mass is 19.4. The number of rotatable bonds is 4. The minimum absolute atomic E-state index is 0.202. The maximum atomic E-state index is 12.7. The minimum Gasteiger partial charge on any atom is -0.381 e. The van der Waals surface area contributed by atoms with Crippen LogP contribution in [0.4, 0.5) is 13.2 Å². The second kappa shape index (κ2) is 7.54. The molecule has 0 saturated carbocycles. The maximum absolute atomic E-state index is 12.7. The van der Waals surface area contributed by atoms with E-state index in [0.717, 1.165) is 41.9 Å². The number of pyridine rings is 1. The normalized spacial score (nSPS) is 17.8. The number of aromatic nitrogens is 1. The SMILES string of the molecule is CC(C)(O)C(=O)N1CCC[C@@H]1c1cccc(Cc2ccc(C(F)(F)F)cc2)n1. The summed E-state index contributed by atoms with van der Waals surface area (Å²) in [5.41, 5.74) is 0.0676. The number of hydrogen-bond acceptors (Lipinski definition) is 3. The molecule has 0 radical (unpaired) electrons. The first kappa shape index (κ1) is 20.3. The number of aliphatic hydroxyl groups is 1. The molecule has 1 aliphatic rings. The molecule has 1 aliphatic heterocycles. The van der Waals surface area contributed by atoms with Crippen LogP contribution in [0.15, 0.2) is 42.5 Å². The van der Waals surface area contributed by atoms with E-state index in [1.54, 1.807) is 4.90 Å². The first-order chi connectivity index (χ1) is 13.1. The molecule has 1 fully saturated rings. The van der Waals surface area contributed by atoms with Gasteiger partial charge < -0.3 is 10.0 Å². The molecule has 4 nitrogen and oxygen atoms in total. The van der Waals surface area contributed by atoms with Gasteiger partial charge in [0.25, 0.3) is 5.91 Å². The highest BCUT2D eigenvalue weighted by molar-refractivity contribution is 5.84. The van der Waals surface area contributed by atoms with Crippen molar-refractivity contribution in [1.29, 1.82) is 0 Å². The molecule has 2 heterocycles. The molecule has 0 unspecified atom stereocenters. The zero-order valence-corrected chi connectivity index (χ0v) is 15.8. The van der Waals surface area contributed by atoms with E-state index in [0.29, 0.717) is 13.0 Å². The standard InChI is InChI=1S/C21H23F3N2O2/c1-20(2,28)19(27)26-12-4-7-18(26)17-6-3-5-16(25-17)13-14-8-10-15(11-9-14)21(22,23)24/h3,5-6,8-11,18,28H,4,7,12-13H2,1-2H3/t18-/m1/s1. The second-order valence-electron chi connectivity index (χ2n) is 7.64. The molecule has 1 atom stereocenters. The lowest BCUT2D eigenvalue weighted by atomic mass is 10.0. The van der Waals surface area contributed by atoms with E-state index in [2.05, 4.69) is 4.98 Å². The predicted octanol–water partition coefficient (Wildman–Crippen LogP) is 4.13. The number of amides is 1. The Hall–Kier alpha value is -2.41. The summed E-state index contributed by atoms with van der Waals surface area (Å²) in [5.74, 6) is -0.329. The quantitative estimate of drug-likeness (QED) is 0.851. The average molecular weight is 392 g/mol. The lowest BCUT2D eigenvalue weighted by Crippen LogP contribution is -2.44. The molecule has 1 aromatic heterocycles. The third-order valence-electron chi connectivity index (χ3n) is 4.87. The van der Waals surface area contributed by atoms with Gasteiger partial charge in [-0.15, -0.1) is 0 Å². The van der Waals surface area contributed by atoms with Gasteiger partial charge in [0.2, 0.25) is 0 Å². The summed E-state index contributed by atoms with van der Waals surface area (Å²) in [6.45, 7) is 3.51. The van der Waals surface area contributed by atoms with Gasteiger partial charge in [-0.2, -0.15) is 13.2 Å². The number of carbonyl (C=O) groups is 1. The molecule has 0 aliphatic carbocycles. The Morgan fingerprint density at radius 2 is 1.86 bits per heavy atom. The molecule has 7 heteroatoms. The van der Waals surface area contributed by atoms with E-state index >= 15 is 0 Å². The Labute approximate surface area is 162 Å². The molecule has 1 saturated heterocycles. The first-order valence-electron chi connectivity index (χ1n) is 9.21. The van der Waals surface area contributed by atoms with Gasteiger partial charge in [0.1, 0.15) is 5.60 Å². The summed E-state index contributed by atoms with van der Waals surface area (Å²) in [6, 6.07) is 10.3. The van der Waals surface area contributed by atoms with Crippen molar-refractivity contribution in [2.24, 2.45) is 0 Å². The minimum atomic E-state index is -4.35. The Bertz CT molecular complexity index is 842. The van der Waals surface area contributed by atoms with Gasteiger partial charge in [0.05, 0.1) is 17.3 Å². The van der Waals surface area contributed by atoms with Crippen LogP contribution in [0, 0.1) is 0 Å². The van der Waals surface area contributed by atoms with E-state index in [1.807, 2.05) is 18.2 Å². The summed E-state index contributed by atoms with van der Waals surface area (Å²) < 4.78 is 38.1. The van der Waals surface area contributed by atoms with Crippen molar-refractivity contribution in [3.8, 4) is 0 Å². The molecule has 3 rings (SSSR count). The first-order valence-corrected chi connectivity index (χ1v) is 9.21. The summed E-state index contributed by atoms with van der Waals surface area (Å²) in [5, 5.41) is 10.0. The highest BCUT2D eigenvalue weighted by Gasteiger charge is 2.37. The van der Waals surface area contributed by atoms with Crippen molar-refractivity contribution in [3.63, 3.8) is 0 Å². The van der Waals surface area contributed by atoms with Gasteiger partial charge in [0.15, 0.2) is 0 Å². The number of nitrogens with zero attached hydrogens (tertiary/aromatic N) is 2. The van der Waals surface area contributed by atoms with Crippen LogP contribution in [0.5, 0.6) is 0 Å². The van der Waals surface area contributed by atoms with Crippen molar-refractivity contribution in [2.45, 2.75) is 50.9 Å². The van der Waals surface area contributed by atoms with Crippen molar-refractivity contribution in [1.82, 2.24) is 9.88 Å². The number of likely N-dealkylation sites (tertiary alicyclic amines) is 1. The van der Waals surface area contributed by atoms with Crippen LogP contribution < -0.4 is 0 Å². The van der Waals surface area contributed by atoms with Crippen LogP contribution in [-0.4, -0.2) is 33.0 Å². The molecule has 0 spiro atoms. The Balaban J connectivity index is 1.78. The Kier molecular flexibility index (Phi) is 5.48. The van der Waals surface area contributed by atoms with Crippen molar-refractivity contribution >= 4 is 5.91 Å². The number of carbonyl (C=O) groups excluding carboxylic acids is 1. The third kappa shape index (κ3) is 4.52. The number of halogens is 3. The molecule has 150 valence electrons. The van der Waals surface area contributed by atoms with Crippen molar-refractivity contribution < 1.29 is 23.1 Å². The van der Waals surface area contributed by atoms with E-state index < -0.39 is 17.3 Å². The summed E-state index contributed by atoms with van der Waals surface area (Å²) in [7, 11) is 0. The average Bonchev–Trinajstić information content (AvgIpc) is 3.09. The van der Waals surface area contributed by atoms with Crippen molar-refractivity contribution in [3.05, 3.63) is 65.0 Å². The number of alkyl halides is 3. The molecule has 2 aromatic rings. The van der Waals surface area contributed by atoms with Gasteiger partial charge in [-0.1, -0.05) is 18.2 Å². The molecule has 28 heavy (non-hydrogen) atoms. The van der Waals surface area contributed by atoms with Crippen LogP contribution in [0.3, 0.4) is 0 Å². The van der Waals surface area contributed by atoms with Crippen molar-refractivity contribution in [2.75, 3.05) is 6.54 Å². The van der Waals surface area contributed by atoms with E-state index in [4.69, 9.17) is 0 Å². The van der Waals surface area contributed by atoms with E-state index in [1.165, 1.54) is 26.0 Å². The van der Waals surface area contributed by atoms with Gasteiger partial charge in [-0.3, -0.25) is 9.78 Å². The van der Waals surface area contributed by atoms with Crippen LogP contribution >= 0.6 is 0 Å². The van der Waals surface area contributed by atoms with Crippen LogP contribution in [0.25, 0.3) is 0 Å². The molecular weight excluding hydrogens is 369 g/mol. The zero-order valence-electron chi connectivity index (χ0n) is 15.8. The van der Waals surface area contributed by atoms with Gasteiger partial charge in [0, 0.05) is 18.7 Å². The molecule has 1 aromatic carbocycles. The second-order valence-corrected chi connectivity index (χ2v) is 7.64. The van der Waals surface area contributed by atoms with Gasteiger partial charge in [-0.25, -0.2) is 0 Å². The van der Waals surface area contributed by atoms with E-state index in [9.17, 15) is 23.1 Å². The van der Waals surface area contributed by atoms with Crippen LogP contribution in [0.1, 0.15) is 55.2 Å². The topological polar surface area (TPSA) is 53.4 Å². The Morgan fingerprint density at radius 3 is 2.46 bits per heavy atom. The molecular formula is C21H23F3N2O2. The highest BCUT2D eigenvalue weighted by Crippen LogP contribution is 2.33. The predicted molar refractivity (Wildman–Crippen MR) is 98.5 cm³/mol. The Morgan fingerprint density at radius 1 is 1.18 bits per heavy atom. The lowest BCUT2D eigenvalue weighted by molar-refractivity contribution is -0.149. The third-order valence-corrected chi connectivity index (χ3v) is 4.87. The zero-order chi connectivity index (χ0) is 20.5. The number of benzene rings is 1. The lowest BCUT2D eigenvalue weighted by Gasteiger charge is -2.30. The van der Waals surface area contributed by atoms with Crippen LogP contribution in [0.2, 0.25) is 0 Å². The fourth-order valence-corrected chi connectivity index (χ4v) is 3.47. The fourth-order valence-electron chi connectivity index (χ4n) is 3.47. The van der Waals surface area contributed by atoms with Gasteiger partial charge >= 0.3 is 6.18 Å².